The van der Waals surface area contributed by atoms with E-state index in [9.17, 15) is 5.26 Å². The number of anilines is 2. The highest BCUT2D eigenvalue weighted by Gasteiger charge is 2.42. The van der Waals surface area contributed by atoms with Gasteiger partial charge in [0.15, 0.2) is 0 Å². The quantitative estimate of drug-likeness (QED) is 0.187. The molecule has 264 valence electrons. The fraction of sp³-hybridized carbons (Fsp3) is 0.556. The van der Waals surface area contributed by atoms with Crippen molar-refractivity contribution in [2.45, 2.75) is 102 Å². The van der Waals surface area contributed by atoms with Crippen molar-refractivity contribution in [3.63, 3.8) is 0 Å². The zero-order valence-corrected chi connectivity index (χ0v) is 29.0. The number of nitrogens with one attached hydrogen (secondary N) is 1. The van der Waals surface area contributed by atoms with Crippen LogP contribution in [-0.2, 0) is 16.0 Å². The maximum atomic E-state index is 9.69. The van der Waals surface area contributed by atoms with Crippen LogP contribution in [0.2, 0.25) is 0 Å². The van der Waals surface area contributed by atoms with E-state index in [1.165, 1.54) is 19.2 Å². The van der Waals surface area contributed by atoms with Crippen molar-refractivity contribution in [2.75, 3.05) is 32.2 Å². The van der Waals surface area contributed by atoms with Gasteiger partial charge in [-0.2, -0.15) is 10.4 Å². The molecule has 4 aromatic rings. The number of nitrogens with zero attached hydrogens (tertiary/aromatic N) is 9. The lowest BCUT2D eigenvalue weighted by molar-refractivity contribution is -0.0458. The van der Waals surface area contributed by atoms with Crippen LogP contribution in [0.5, 0.6) is 11.6 Å². The number of rotatable bonds is 14. The molecule has 50 heavy (non-hydrogen) atoms. The Labute approximate surface area is 292 Å². The van der Waals surface area contributed by atoms with Gasteiger partial charge in [-0.25, -0.2) is 19.6 Å². The molecule has 0 amide bonds. The maximum Gasteiger partial charge on any atom is 0.256 e. The topological polar surface area (TPSA) is 150 Å². The molecule has 1 N–H and O–H groups in total. The van der Waals surface area contributed by atoms with Gasteiger partial charge in [0, 0.05) is 49.6 Å². The van der Waals surface area contributed by atoms with E-state index in [-0.39, 0.29) is 12.2 Å². The normalized spacial score (nSPS) is 23.2. The van der Waals surface area contributed by atoms with Crippen LogP contribution in [0.4, 0.5) is 11.6 Å². The van der Waals surface area contributed by atoms with Gasteiger partial charge < -0.3 is 24.3 Å². The van der Waals surface area contributed by atoms with E-state index < -0.39 is 0 Å². The minimum absolute atomic E-state index is 0.0835. The van der Waals surface area contributed by atoms with Crippen LogP contribution in [0.15, 0.2) is 49.4 Å². The smallest absolute Gasteiger partial charge is 0.256 e. The molecule has 1 aliphatic carbocycles. The SMILES string of the molecule is CO[C@@H](C)CCOc1nn([C@H]2CC[C@H](N3[C@@H]4CC[C@H]3COC4)CC2)cc1Nc1ncc(-c2ccc(C#N)c(O[C@@H](C)Cn3cncn3)c2)cn1. The molecule has 4 atom stereocenters. The molecule has 2 aliphatic heterocycles. The monoisotopic (exact) mass is 682 g/mol. The lowest BCUT2D eigenvalue weighted by Crippen LogP contribution is -2.52. The van der Waals surface area contributed by atoms with E-state index in [1.54, 1.807) is 36.6 Å². The van der Waals surface area contributed by atoms with Crippen molar-refractivity contribution < 1.29 is 18.9 Å². The summed E-state index contributed by atoms with van der Waals surface area (Å²) in [7, 11) is 1.71. The molecule has 14 heteroatoms. The Balaban J connectivity index is 1.03. The summed E-state index contributed by atoms with van der Waals surface area (Å²) in [5.41, 5.74) is 2.81. The summed E-state index contributed by atoms with van der Waals surface area (Å²) in [6, 6.07) is 9.78. The van der Waals surface area contributed by atoms with Crippen molar-refractivity contribution in [3.8, 4) is 28.8 Å². The zero-order valence-electron chi connectivity index (χ0n) is 29.0. The van der Waals surface area contributed by atoms with E-state index >= 15 is 0 Å². The van der Waals surface area contributed by atoms with Crippen molar-refractivity contribution in [1.29, 1.82) is 5.26 Å². The highest BCUT2D eigenvalue weighted by molar-refractivity contribution is 5.67. The van der Waals surface area contributed by atoms with Crippen LogP contribution in [0.1, 0.15) is 70.4 Å². The van der Waals surface area contributed by atoms with Crippen LogP contribution >= 0.6 is 0 Å². The summed E-state index contributed by atoms with van der Waals surface area (Å²) >= 11 is 0. The van der Waals surface area contributed by atoms with Crippen molar-refractivity contribution in [1.82, 2.24) is 39.4 Å². The minimum atomic E-state index is -0.230. The molecular weight excluding hydrogens is 636 g/mol. The second-order valence-electron chi connectivity index (χ2n) is 13.6. The molecule has 2 bridgehead atoms. The largest absolute Gasteiger partial charge is 0.487 e. The maximum absolute atomic E-state index is 9.69. The number of methoxy groups -OCH3 is 1. The first-order valence-corrected chi connectivity index (χ1v) is 17.7. The Morgan fingerprint density at radius 1 is 0.980 bits per heavy atom. The third-order valence-corrected chi connectivity index (χ3v) is 10.2. The molecule has 0 spiro atoms. The van der Waals surface area contributed by atoms with Crippen molar-refractivity contribution in [2.24, 2.45) is 0 Å². The fourth-order valence-corrected chi connectivity index (χ4v) is 7.47. The van der Waals surface area contributed by atoms with E-state index in [1.807, 2.05) is 32.2 Å². The molecule has 7 rings (SSSR count). The average molecular weight is 683 g/mol. The van der Waals surface area contributed by atoms with Gasteiger partial charge in [-0.3, -0.25) is 9.58 Å². The Morgan fingerprint density at radius 3 is 2.42 bits per heavy atom. The third-order valence-electron chi connectivity index (χ3n) is 10.2. The summed E-state index contributed by atoms with van der Waals surface area (Å²) in [5.74, 6) is 1.45. The second-order valence-corrected chi connectivity index (χ2v) is 13.6. The van der Waals surface area contributed by atoms with Gasteiger partial charge in [0.2, 0.25) is 5.95 Å². The highest BCUT2D eigenvalue weighted by atomic mass is 16.5. The molecule has 2 saturated heterocycles. The Morgan fingerprint density at radius 2 is 1.72 bits per heavy atom. The molecule has 3 aromatic heterocycles. The Hall–Kier alpha value is -4.58. The van der Waals surface area contributed by atoms with Gasteiger partial charge in [0.1, 0.15) is 36.3 Å². The van der Waals surface area contributed by atoms with Crippen LogP contribution in [0.3, 0.4) is 0 Å². The van der Waals surface area contributed by atoms with E-state index in [0.717, 1.165) is 62.1 Å². The number of nitriles is 1. The van der Waals surface area contributed by atoms with Gasteiger partial charge in [-0.1, -0.05) is 6.07 Å². The number of hydrogen-bond acceptors (Lipinski definition) is 12. The van der Waals surface area contributed by atoms with Gasteiger partial charge >= 0.3 is 0 Å². The number of ether oxygens (including phenoxy) is 4. The molecular formula is C36H46N10O4. The fourth-order valence-electron chi connectivity index (χ4n) is 7.47. The van der Waals surface area contributed by atoms with Crippen LogP contribution in [0, 0.1) is 11.3 Å². The number of benzene rings is 1. The lowest BCUT2D eigenvalue weighted by atomic mass is 9.89. The molecule has 5 heterocycles. The first-order valence-electron chi connectivity index (χ1n) is 17.7. The molecule has 1 saturated carbocycles. The third kappa shape index (κ3) is 7.75. The predicted octanol–water partition coefficient (Wildman–Crippen LogP) is 5.17. The first-order chi connectivity index (χ1) is 24.5. The molecule has 3 fully saturated rings. The summed E-state index contributed by atoms with van der Waals surface area (Å²) in [6.45, 7) is 6.69. The molecule has 14 nitrogen and oxygen atoms in total. The van der Waals surface area contributed by atoms with Crippen molar-refractivity contribution in [3.05, 3.63) is 55.0 Å². The van der Waals surface area contributed by atoms with Crippen LogP contribution in [-0.4, -0.2) is 96.7 Å². The number of aromatic nitrogens is 7. The standard InChI is InChI=1S/C36H46N10O4/c1-24(47-3)12-13-49-35-33(19-45(43-35)29-6-8-30(9-7-29)46-31-10-11-32(46)21-48-20-31)42-36-39-16-28(17-40-36)26-4-5-27(15-37)34(14-26)50-25(2)18-44-23-38-22-41-44/h4-5,14,16-17,19,22-25,29-32H,6-13,18,20-21H2,1-3H3,(H,39,40,42)/t24-,25-,29-,30-,31-,32+/m0/s1. The van der Waals surface area contributed by atoms with E-state index in [4.69, 9.17) is 24.0 Å². The van der Waals surface area contributed by atoms with Gasteiger partial charge in [-0.05, 0) is 70.1 Å². The molecule has 3 aliphatic rings. The molecule has 1 aromatic carbocycles. The first kappa shape index (κ1) is 33.9. The molecule has 0 unspecified atom stereocenters. The number of fused-ring (bicyclic) bond motifs is 2. The highest BCUT2D eigenvalue weighted by Crippen LogP contribution is 2.39. The zero-order chi connectivity index (χ0) is 34.5. The van der Waals surface area contributed by atoms with Crippen LogP contribution in [0.25, 0.3) is 11.1 Å². The van der Waals surface area contributed by atoms with E-state index in [2.05, 4.69) is 41.0 Å². The summed E-state index contributed by atoms with van der Waals surface area (Å²) in [5, 5.41) is 22.1. The minimum Gasteiger partial charge on any atom is -0.487 e. The summed E-state index contributed by atoms with van der Waals surface area (Å²) in [4.78, 5) is 16.0. The van der Waals surface area contributed by atoms with Gasteiger partial charge in [-0.15, -0.1) is 5.10 Å². The number of morpholine rings is 1. The second kappa shape index (κ2) is 15.5. The van der Waals surface area contributed by atoms with Gasteiger partial charge in [0.25, 0.3) is 5.88 Å². The van der Waals surface area contributed by atoms with Gasteiger partial charge in [0.05, 0.1) is 50.3 Å². The van der Waals surface area contributed by atoms with E-state index in [0.29, 0.717) is 60.5 Å². The lowest BCUT2D eigenvalue weighted by Gasteiger charge is -2.43. The average Bonchev–Trinajstić information content (AvgIpc) is 3.86. The predicted molar refractivity (Wildman–Crippen MR) is 185 cm³/mol. The summed E-state index contributed by atoms with van der Waals surface area (Å²) < 4.78 is 27.4. The molecule has 0 radical (unpaired) electrons. The number of hydrogen-bond donors (Lipinski definition) is 1. The summed E-state index contributed by atoms with van der Waals surface area (Å²) in [6.07, 6.45) is 16.2. The van der Waals surface area contributed by atoms with Crippen molar-refractivity contribution >= 4 is 11.6 Å². The Bertz CT molecular complexity index is 1720. The van der Waals surface area contributed by atoms with Crippen LogP contribution < -0.4 is 14.8 Å². The Kier molecular flexibility index (Phi) is 10.5.